The molecule has 0 spiro atoms. The summed E-state index contributed by atoms with van der Waals surface area (Å²) in [6, 6.07) is 7.08. The van der Waals surface area contributed by atoms with Crippen LogP contribution in [0.2, 0.25) is 0 Å². The van der Waals surface area contributed by atoms with Crippen LogP contribution < -0.4 is 4.31 Å². The highest BCUT2D eigenvalue weighted by Crippen LogP contribution is 2.20. The number of carboxylic acids is 1. The van der Waals surface area contributed by atoms with Crippen molar-refractivity contribution in [3.05, 3.63) is 27.8 Å². The number of hydrogen-bond donors (Lipinski definition) is 1. The number of carboxylic acid groups (broad SMARTS) is 1. The number of benzene rings is 1. The average Bonchev–Trinajstić information content (AvgIpc) is 2.22. The Bertz CT molecular complexity index is 530. The van der Waals surface area contributed by atoms with Crippen molar-refractivity contribution in [1.82, 2.24) is 0 Å². The topological polar surface area (TPSA) is 74.7 Å². The first kappa shape index (κ1) is 15.2. The Labute approximate surface area is 120 Å². The number of sulfonamides is 1. The van der Waals surface area contributed by atoms with Gasteiger partial charge in [0.05, 0.1) is 11.9 Å². The Morgan fingerprint density at radius 1 is 1.44 bits per heavy atom. The van der Waals surface area contributed by atoms with Crippen LogP contribution in [0.4, 0.5) is 5.69 Å². The van der Waals surface area contributed by atoms with Crippen molar-refractivity contribution in [2.75, 3.05) is 17.1 Å². The minimum Gasteiger partial charge on any atom is -0.481 e. The minimum absolute atomic E-state index is 0.0457. The molecule has 1 aromatic rings. The molecule has 0 radical (unpaired) electrons. The number of aliphatic carboxylic acids is 1. The van der Waals surface area contributed by atoms with Crippen molar-refractivity contribution in [3.63, 3.8) is 0 Å². The third-order valence-corrected chi connectivity index (χ3v) is 4.11. The van der Waals surface area contributed by atoms with Gasteiger partial charge in [-0.05, 0) is 47.2 Å². The summed E-state index contributed by atoms with van der Waals surface area (Å²) in [4.78, 5) is 10.5. The van der Waals surface area contributed by atoms with Crippen LogP contribution in [0.15, 0.2) is 24.3 Å². The average molecular weight is 383 g/mol. The fraction of sp³-hybridized carbons (Fsp3) is 0.364. The highest BCUT2D eigenvalue weighted by atomic mass is 127. The Kier molecular flexibility index (Phi) is 5.39. The first-order chi connectivity index (χ1) is 8.30. The molecule has 0 aliphatic heterocycles. The molecule has 0 aliphatic rings. The molecular formula is C11H14INO4S. The van der Waals surface area contributed by atoms with Gasteiger partial charge < -0.3 is 5.11 Å². The Morgan fingerprint density at radius 2 is 2.11 bits per heavy atom. The van der Waals surface area contributed by atoms with Crippen LogP contribution in [0.1, 0.15) is 12.8 Å². The summed E-state index contributed by atoms with van der Waals surface area (Å²) in [6.07, 6.45) is 1.36. The molecule has 1 N–H and O–H groups in total. The lowest BCUT2D eigenvalue weighted by Crippen LogP contribution is -2.31. The molecule has 5 nitrogen and oxygen atoms in total. The normalized spacial score (nSPS) is 11.2. The van der Waals surface area contributed by atoms with E-state index in [1.165, 1.54) is 4.31 Å². The molecular weight excluding hydrogens is 369 g/mol. The highest BCUT2D eigenvalue weighted by molar-refractivity contribution is 14.1. The number of rotatable bonds is 6. The second-order valence-electron chi connectivity index (χ2n) is 3.81. The summed E-state index contributed by atoms with van der Waals surface area (Å²) in [5.74, 6) is -0.925. The molecule has 0 atom stereocenters. The first-order valence-corrected chi connectivity index (χ1v) is 8.18. The van der Waals surface area contributed by atoms with Crippen LogP contribution in [0, 0.1) is 3.57 Å². The van der Waals surface area contributed by atoms with Gasteiger partial charge in [0, 0.05) is 16.5 Å². The van der Waals surface area contributed by atoms with Crippen molar-refractivity contribution >= 4 is 44.3 Å². The van der Waals surface area contributed by atoms with Gasteiger partial charge in [-0.2, -0.15) is 0 Å². The predicted molar refractivity (Wildman–Crippen MR) is 78.2 cm³/mol. The van der Waals surface area contributed by atoms with E-state index in [1.807, 2.05) is 6.07 Å². The summed E-state index contributed by atoms with van der Waals surface area (Å²) >= 11 is 2.10. The van der Waals surface area contributed by atoms with Crippen LogP contribution in [0.3, 0.4) is 0 Å². The molecule has 0 aliphatic carbocycles. The summed E-state index contributed by atoms with van der Waals surface area (Å²) in [7, 11) is -3.40. The van der Waals surface area contributed by atoms with Crippen LogP contribution in [0.5, 0.6) is 0 Å². The van der Waals surface area contributed by atoms with Gasteiger partial charge in [0.15, 0.2) is 0 Å². The van der Waals surface area contributed by atoms with Gasteiger partial charge in [-0.3, -0.25) is 9.10 Å². The van der Waals surface area contributed by atoms with Crippen molar-refractivity contribution in [1.29, 1.82) is 0 Å². The van der Waals surface area contributed by atoms with E-state index in [0.29, 0.717) is 5.69 Å². The van der Waals surface area contributed by atoms with Gasteiger partial charge in [-0.1, -0.05) is 6.07 Å². The molecule has 1 aromatic carbocycles. The summed E-state index contributed by atoms with van der Waals surface area (Å²) in [5.41, 5.74) is 0.565. The second-order valence-corrected chi connectivity index (χ2v) is 6.96. The fourth-order valence-corrected chi connectivity index (χ4v) is 2.98. The van der Waals surface area contributed by atoms with Gasteiger partial charge in [0.1, 0.15) is 0 Å². The molecule has 0 aromatic heterocycles. The van der Waals surface area contributed by atoms with Crippen LogP contribution >= 0.6 is 22.6 Å². The maximum absolute atomic E-state index is 11.7. The van der Waals surface area contributed by atoms with Crippen LogP contribution in [-0.2, 0) is 14.8 Å². The van der Waals surface area contributed by atoms with Crippen molar-refractivity contribution < 1.29 is 18.3 Å². The van der Waals surface area contributed by atoms with Gasteiger partial charge >= 0.3 is 5.97 Å². The number of hydrogen-bond acceptors (Lipinski definition) is 3. The van der Waals surface area contributed by atoms with E-state index in [4.69, 9.17) is 5.11 Å². The molecule has 0 bridgehead atoms. The summed E-state index contributed by atoms with van der Waals surface area (Å²) in [5, 5.41) is 8.57. The lowest BCUT2D eigenvalue weighted by Gasteiger charge is -2.22. The van der Waals surface area contributed by atoms with Gasteiger partial charge in [-0.25, -0.2) is 8.42 Å². The highest BCUT2D eigenvalue weighted by Gasteiger charge is 2.17. The molecule has 0 saturated heterocycles. The van der Waals surface area contributed by atoms with Crippen molar-refractivity contribution in [2.24, 2.45) is 0 Å². The third kappa shape index (κ3) is 4.81. The zero-order chi connectivity index (χ0) is 13.8. The predicted octanol–water partition coefficient (Wildman–Crippen LogP) is 1.92. The molecule has 0 heterocycles. The summed E-state index contributed by atoms with van der Waals surface area (Å²) < 4.78 is 25.6. The van der Waals surface area contributed by atoms with Crippen LogP contribution in [0.25, 0.3) is 0 Å². The van der Waals surface area contributed by atoms with E-state index >= 15 is 0 Å². The monoisotopic (exact) mass is 383 g/mol. The van der Waals surface area contributed by atoms with Gasteiger partial charge in [0.25, 0.3) is 0 Å². The smallest absolute Gasteiger partial charge is 0.303 e. The lowest BCUT2D eigenvalue weighted by molar-refractivity contribution is -0.137. The largest absolute Gasteiger partial charge is 0.481 e. The third-order valence-electron chi connectivity index (χ3n) is 2.25. The van der Waals surface area contributed by atoms with E-state index in [-0.39, 0.29) is 19.4 Å². The minimum atomic E-state index is -3.40. The van der Waals surface area contributed by atoms with Gasteiger partial charge in [-0.15, -0.1) is 0 Å². The van der Waals surface area contributed by atoms with E-state index < -0.39 is 16.0 Å². The Balaban J connectivity index is 2.89. The maximum Gasteiger partial charge on any atom is 0.303 e. The Hall–Kier alpha value is -0.830. The number of carbonyl (C=O) groups is 1. The molecule has 1 rings (SSSR count). The number of anilines is 1. The SMILES string of the molecule is CS(=O)(=O)N(CCCC(=O)O)c1cccc(I)c1. The van der Waals surface area contributed by atoms with Crippen LogP contribution in [-0.4, -0.2) is 32.3 Å². The standard InChI is InChI=1S/C11H14INO4S/c1-18(16,17)13(7-3-6-11(14)15)10-5-2-4-9(12)8-10/h2,4-5,8H,3,6-7H2,1H3,(H,14,15). The molecule has 18 heavy (non-hydrogen) atoms. The lowest BCUT2D eigenvalue weighted by atomic mass is 10.3. The fourth-order valence-electron chi connectivity index (χ4n) is 1.49. The molecule has 0 unspecified atom stereocenters. The van der Waals surface area contributed by atoms with Crippen molar-refractivity contribution in [2.45, 2.75) is 12.8 Å². The molecule has 0 amide bonds. The van der Waals surface area contributed by atoms with Gasteiger partial charge in [0.2, 0.25) is 10.0 Å². The number of nitrogens with zero attached hydrogens (tertiary/aromatic N) is 1. The summed E-state index contributed by atoms with van der Waals surface area (Å²) in [6.45, 7) is 0.172. The molecule has 0 fully saturated rings. The quantitative estimate of drug-likeness (QED) is 0.762. The van der Waals surface area contributed by atoms with E-state index in [1.54, 1.807) is 18.2 Å². The molecule has 0 saturated carbocycles. The zero-order valence-electron chi connectivity index (χ0n) is 9.84. The van der Waals surface area contributed by atoms with E-state index in [2.05, 4.69) is 22.6 Å². The Morgan fingerprint density at radius 3 is 2.61 bits per heavy atom. The molecule has 7 heteroatoms. The second kappa shape index (κ2) is 6.37. The van der Waals surface area contributed by atoms with E-state index in [0.717, 1.165) is 9.83 Å². The van der Waals surface area contributed by atoms with Crippen molar-refractivity contribution in [3.8, 4) is 0 Å². The first-order valence-electron chi connectivity index (χ1n) is 5.26. The number of halogens is 1. The molecule has 100 valence electrons. The van der Waals surface area contributed by atoms with E-state index in [9.17, 15) is 13.2 Å². The zero-order valence-corrected chi connectivity index (χ0v) is 12.8. The maximum atomic E-state index is 11.7.